The van der Waals surface area contributed by atoms with E-state index in [1.165, 1.54) is 11.3 Å². The molecule has 0 aliphatic rings. The Balaban J connectivity index is 1.50. The molecule has 30 heavy (non-hydrogen) atoms. The second-order valence-corrected chi connectivity index (χ2v) is 8.28. The van der Waals surface area contributed by atoms with Gasteiger partial charge in [0.15, 0.2) is 10.9 Å². The van der Waals surface area contributed by atoms with Gasteiger partial charge >= 0.3 is 0 Å². The molecular weight excluding hydrogens is 424 g/mol. The van der Waals surface area contributed by atoms with Crippen molar-refractivity contribution in [1.29, 1.82) is 0 Å². The van der Waals surface area contributed by atoms with Gasteiger partial charge in [0.25, 0.3) is 0 Å². The minimum Gasteiger partial charge on any atom is -0.394 e. The number of hydrogen-bond donors (Lipinski definition) is 2. The summed E-state index contributed by atoms with van der Waals surface area (Å²) in [5, 5.41) is 13.4. The second-order valence-electron chi connectivity index (χ2n) is 6.82. The molecule has 2 heterocycles. The molecule has 0 aliphatic heterocycles. The van der Waals surface area contributed by atoms with Gasteiger partial charge < -0.3 is 19.7 Å². The molecule has 0 aliphatic carbocycles. The second kappa shape index (κ2) is 9.09. The average molecular weight is 445 g/mol. The first-order valence-electron chi connectivity index (χ1n) is 9.56. The number of rotatable bonds is 9. The van der Waals surface area contributed by atoms with Gasteiger partial charge in [-0.05, 0) is 42.8 Å². The van der Waals surface area contributed by atoms with Crippen LogP contribution in [0.5, 0.6) is 0 Å². The number of fused-ring (bicyclic) bond motifs is 2. The van der Waals surface area contributed by atoms with Gasteiger partial charge in [-0.25, -0.2) is 9.97 Å². The summed E-state index contributed by atoms with van der Waals surface area (Å²) >= 11 is 7.56. The topological polar surface area (TPSA) is 89.3 Å². The van der Waals surface area contributed by atoms with Crippen molar-refractivity contribution in [2.75, 3.05) is 25.1 Å². The fourth-order valence-electron chi connectivity index (χ4n) is 3.18. The zero-order valence-corrected chi connectivity index (χ0v) is 18.0. The molecular formula is C21H21ClN4O3S. The number of carbonyl (C=O) groups excluding carboxylic acids is 1. The molecule has 0 fully saturated rings. The van der Waals surface area contributed by atoms with Gasteiger partial charge in [-0.2, -0.15) is 0 Å². The van der Waals surface area contributed by atoms with Crippen LogP contribution in [0.2, 0.25) is 5.02 Å². The molecule has 4 aromatic rings. The van der Waals surface area contributed by atoms with Crippen molar-refractivity contribution in [3.05, 3.63) is 47.0 Å². The molecule has 7 nitrogen and oxygen atoms in total. The first-order chi connectivity index (χ1) is 14.5. The van der Waals surface area contributed by atoms with Crippen LogP contribution >= 0.6 is 22.9 Å². The Hall–Kier alpha value is -2.52. The van der Waals surface area contributed by atoms with E-state index in [-0.39, 0.29) is 12.4 Å². The van der Waals surface area contributed by atoms with E-state index in [4.69, 9.17) is 21.4 Å². The fraction of sp³-hybridized carbons (Fsp3) is 0.286. The molecule has 0 spiro atoms. The van der Waals surface area contributed by atoms with E-state index < -0.39 is 0 Å². The lowest BCUT2D eigenvalue weighted by Crippen LogP contribution is -2.04. The lowest BCUT2D eigenvalue weighted by atomic mass is 10.1. The SMILES string of the molecule is Cn1c(Nc2nc3ccc(Cl)cc3s2)nc2cc(C(=O)CCCOCCO)ccc21. The monoisotopic (exact) mass is 444 g/mol. The summed E-state index contributed by atoms with van der Waals surface area (Å²) in [7, 11) is 1.92. The van der Waals surface area contributed by atoms with Crippen molar-refractivity contribution in [2.24, 2.45) is 7.05 Å². The Kier molecular flexibility index (Phi) is 6.29. The number of carbonyl (C=O) groups is 1. The fourth-order valence-corrected chi connectivity index (χ4v) is 4.31. The van der Waals surface area contributed by atoms with Gasteiger partial charge in [0.2, 0.25) is 5.95 Å². The van der Waals surface area contributed by atoms with Crippen molar-refractivity contribution in [3.8, 4) is 0 Å². The number of hydrogen-bond acceptors (Lipinski definition) is 7. The number of thiazole rings is 1. The van der Waals surface area contributed by atoms with Crippen molar-refractivity contribution in [1.82, 2.24) is 14.5 Å². The number of nitrogens with zero attached hydrogens (tertiary/aromatic N) is 3. The summed E-state index contributed by atoms with van der Waals surface area (Å²) in [6.07, 6.45) is 1.01. The van der Waals surface area contributed by atoms with Gasteiger partial charge in [-0.3, -0.25) is 4.79 Å². The third kappa shape index (κ3) is 4.46. The quantitative estimate of drug-likeness (QED) is 0.291. The maximum atomic E-state index is 12.5. The van der Waals surface area contributed by atoms with Crippen LogP contribution in [-0.4, -0.2) is 45.2 Å². The Bertz CT molecular complexity index is 1200. The molecule has 0 atom stereocenters. The number of aromatic nitrogens is 3. The third-order valence-corrected chi connectivity index (χ3v) is 5.87. The number of aliphatic hydroxyl groups is 1. The predicted octanol–water partition coefficient (Wildman–Crippen LogP) is 4.55. The van der Waals surface area contributed by atoms with E-state index in [0.717, 1.165) is 26.4 Å². The highest BCUT2D eigenvalue weighted by atomic mass is 35.5. The number of benzene rings is 2. The van der Waals surface area contributed by atoms with Crippen LogP contribution in [0.25, 0.3) is 21.3 Å². The molecule has 2 N–H and O–H groups in total. The van der Waals surface area contributed by atoms with Crippen molar-refractivity contribution in [2.45, 2.75) is 12.8 Å². The van der Waals surface area contributed by atoms with Gasteiger partial charge in [0.05, 0.1) is 34.5 Å². The molecule has 2 aromatic carbocycles. The summed E-state index contributed by atoms with van der Waals surface area (Å²) in [5.74, 6) is 0.699. The number of aliphatic hydroxyl groups excluding tert-OH is 1. The first kappa shape index (κ1) is 20.7. The van der Waals surface area contributed by atoms with Gasteiger partial charge in [0.1, 0.15) is 0 Å². The van der Waals surface area contributed by atoms with Crippen molar-refractivity contribution < 1.29 is 14.6 Å². The summed E-state index contributed by atoms with van der Waals surface area (Å²) in [6.45, 7) is 0.747. The van der Waals surface area contributed by atoms with Crippen LogP contribution in [0.15, 0.2) is 36.4 Å². The Labute approximate surface area is 182 Å². The van der Waals surface area contributed by atoms with E-state index in [0.29, 0.717) is 42.6 Å². The number of anilines is 2. The normalized spacial score (nSPS) is 11.4. The van der Waals surface area contributed by atoms with E-state index in [2.05, 4.69) is 15.3 Å². The number of Topliss-reactive ketones (excluding diaryl/α,β-unsaturated/α-hetero) is 1. The summed E-state index contributed by atoms with van der Waals surface area (Å²) < 4.78 is 8.14. The first-order valence-corrected chi connectivity index (χ1v) is 10.8. The third-order valence-electron chi connectivity index (χ3n) is 4.70. The molecule has 0 bridgehead atoms. The molecule has 0 unspecified atom stereocenters. The highest BCUT2D eigenvalue weighted by Gasteiger charge is 2.13. The van der Waals surface area contributed by atoms with Crippen molar-refractivity contribution in [3.63, 3.8) is 0 Å². The lowest BCUT2D eigenvalue weighted by Gasteiger charge is -2.03. The van der Waals surface area contributed by atoms with E-state index in [1.54, 1.807) is 0 Å². The molecule has 0 saturated carbocycles. The van der Waals surface area contributed by atoms with Gasteiger partial charge in [0, 0.05) is 30.7 Å². The number of aryl methyl sites for hydroxylation is 1. The predicted molar refractivity (Wildman–Crippen MR) is 120 cm³/mol. The van der Waals surface area contributed by atoms with Crippen LogP contribution in [0.4, 0.5) is 11.1 Å². The van der Waals surface area contributed by atoms with Crippen LogP contribution in [0, 0.1) is 0 Å². The molecule has 0 amide bonds. The Morgan fingerprint density at radius 2 is 2.07 bits per heavy atom. The number of ketones is 1. The van der Waals surface area contributed by atoms with Gasteiger partial charge in [-0.15, -0.1) is 0 Å². The maximum Gasteiger partial charge on any atom is 0.209 e. The minimum absolute atomic E-state index is 0.00851. The number of ether oxygens (including phenoxy) is 1. The zero-order chi connectivity index (χ0) is 21.1. The average Bonchev–Trinajstić information content (AvgIpc) is 3.27. The highest BCUT2D eigenvalue weighted by Crippen LogP contribution is 2.31. The molecule has 0 radical (unpaired) electrons. The molecule has 9 heteroatoms. The number of halogens is 1. The van der Waals surface area contributed by atoms with Gasteiger partial charge in [-0.1, -0.05) is 22.9 Å². The zero-order valence-electron chi connectivity index (χ0n) is 16.4. The summed E-state index contributed by atoms with van der Waals surface area (Å²) in [4.78, 5) is 21.7. The highest BCUT2D eigenvalue weighted by molar-refractivity contribution is 7.22. The van der Waals surface area contributed by atoms with Crippen LogP contribution in [0.1, 0.15) is 23.2 Å². The minimum atomic E-state index is -0.00851. The number of imidazole rings is 1. The number of nitrogens with one attached hydrogen (secondary N) is 1. The largest absolute Gasteiger partial charge is 0.394 e. The smallest absolute Gasteiger partial charge is 0.209 e. The van der Waals surface area contributed by atoms with E-state index in [9.17, 15) is 4.79 Å². The van der Waals surface area contributed by atoms with Crippen LogP contribution in [0.3, 0.4) is 0 Å². The van der Waals surface area contributed by atoms with E-state index in [1.807, 2.05) is 48.0 Å². The molecule has 4 rings (SSSR count). The molecule has 0 saturated heterocycles. The van der Waals surface area contributed by atoms with Crippen molar-refractivity contribution >= 4 is 61.1 Å². The lowest BCUT2D eigenvalue weighted by molar-refractivity contribution is 0.0832. The van der Waals surface area contributed by atoms with E-state index >= 15 is 0 Å². The molecule has 156 valence electrons. The summed E-state index contributed by atoms with van der Waals surface area (Å²) in [6, 6.07) is 11.1. The maximum absolute atomic E-state index is 12.5. The van der Waals surface area contributed by atoms with Crippen LogP contribution in [-0.2, 0) is 11.8 Å². The standard InChI is InChI=1S/C21H21ClN4O3S/c1-26-17-7-4-13(18(28)3-2-9-29-10-8-27)11-16(17)23-20(26)25-21-24-15-6-5-14(22)12-19(15)30-21/h4-7,11-12,27H,2-3,8-10H2,1H3,(H,23,24,25). The Morgan fingerprint density at radius 3 is 2.90 bits per heavy atom. The van der Waals surface area contributed by atoms with Crippen LogP contribution < -0.4 is 5.32 Å². The molecule has 2 aromatic heterocycles. The summed E-state index contributed by atoms with van der Waals surface area (Å²) in [5.41, 5.74) is 3.17. The Morgan fingerprint density at radius 1 is 1.20 bits per heavy atom.